The Bertz CT molecular complexity index is 366. The molecule has 1 N–H and O–H groups in total. The van der Waals surface area contributed by atoms with Crippen molar-refractivity contribution in [2.24, 2.45) is 0 Å². The SMILES string of the molecule is CCC(NC(CC)n1ccnc1)n1ccnc1. The summed E-state index contributed by atoms with van der Waals surface area (Å²) in [6, 6.07) is 0. The maximum Gasteiger partial charge on any atom is 0.0959 e. The normalized spacial score (nSPS) is 14.7. The van der Waals surface area contributed by atoms with Gasteiger partial charge in [-0.15, -0.1) is 0 Å². The Morgan fingerprint density at radius 1 is 0.941 bits per heavy atom. The van der Waals surface area contributed by atoms with Crippen LogP contribution in [0.15, 0.2) is 37.4 Å². The lowest BCUT2D eigenvalue weighted by Crippen LogP contribution is -2.32. The highest BCUT2D eigenvalue weighted by molar-refractivity contribution is 4.83. The first-order valence-corrected chi connectivity index (χ1v) is 6.06. The molecule has 2 atom stereocenters. The molecular weight excluding hydrogens is 214 g/mol. The molecular formula is C12H19N5. The molecule has 0 aromatic carbocycles. The van der Waals surface area contributed by atoms with Gasteiger partial charge in [0.05, 0.1) is 25.0 Å². The van der Waals surface area contributed by atoms with Crippen LogP contribution in [-0.4, -0.2) is 19.1 Å². The van der Waals surface area contributed by atoms with Crippen molar-refractivity contribution < 1.29 is 0 Å². The van der Waals surface area contributed by atoms with Gasteiger partial charge < -0.3 is 9.13 Å². The van der Waals surface area contributed by atoms with Crippen LogP contribution < -0.4 is 5.32 Å². The third-order valence-electron chi connectivity index (χ3n) is 2.93. The molecule has 92 valence electrons. The Labute approximate surface area is 102 Å². The third kappa shape index (κ3) is 2.74. The number of hydrogen-bond donors (Lipinski definition) is 1. The Kier molecular flexibility index (Phi) is 3.93. The molecule has 2 aromatic heterocycles. The fourth-order valence-corrected chi connectivity index (χ4v) is 1.96. The molecule has 2 rings (SSSR count). The van der Waals surface area contributed by atoms with Gasteiger partial charge >= 0.3 is 0 Å². The van der Waals surface area contributed by atoms with Gasteiger partial charge in [-0.1, -0.05) is 13.8 Å². The van der Waals surface area contributed by atoms with E-state index in [0.29, 0.717) is 0 Å². The smallest absolute Gasteiger partial charge is 0.0959 e. The summed E-state index contributed by atoms with van der Waals surface area (Å²) < 4.78 is 4.19. The molecule has 0 radical (unpaired) electrons. The minimum atomic E-state index is 0.268. The Balaban J connectivity index is 2.07. The molecule has 0 aliphatic carbocycles. The third-order valence-corrected chi connectivity index (χ3v) is 2.93. The summed E-state index contributed by atoms with van der Waals surface area (Å²) in [5.41, 5.74) is 0. The molecule has 5 heteroatoms. The van der Waals surface area contributed by atoms with Crippen LogP contribution in [0.1, 0.15) is 39.0 Å². The molecule has 0 bridgehead atoms. The Hall–Kier alpha value is -1.62. The average Bonchev–Trinajstić information content (AvgIpc) is 3.03. The first-order chi connectivity index (χ1) is 8.35. The number of nitrogens with zero attached hydrogens (tertiary/aromatic N) is 4. The van der Waals surface area contributed by atoms with E-state index in [2.05, 4.69) is 38.3 Å². The zero-order chi connectivity index (χ0) is 12.1. The first-order valence-electron chi connectivity index (χ1n) is 6.06. The zero-order valence-corrected chi connectivity index (χ0v) is 10.3. The molecule has 2 unspecified atom stereocenters. The van der Waals surface area contributed by atoms with Gasteiger partial charge in [0.25, 0.3) is 0 Å². The fraction of sp³-hybridized carbons (Fsp3) is 0.500. The topological polar surface area (TPSA) is 47.7 Å². The van der Waals surface area contributed by atoms with Gasteiger partial charge in [0.15, 0.2) is 0 Å². The highest BCUT2D eigenvalue weighted by Crippen LogP contribution is 2.14. The molecule has 5 nitrogen and oxygen atoms in total. The van der Waals surface area contributed by atoms with Crippen molar-refractivity contribution in [2.75, 3.05) is 0 Å². The quantitative estimate of drug-likeness (QED) is 0.832. The summed E-state index contributed by atoms with van der Waals surface area (Å²) in [6.07, 6.45) is 13.9. The molecule has 2 aromatic rings. The molecule has 0 aliphatic rings. The molecule has 0 amide bonds. The minimum Gasteiger partial charge on any atom is -0.321 e. The predicted octanol–water partition coefficient (Wildman–Crippen LogP) is 2.19. The van der Waals surface area contributed by atoms with Crippen molar-refractivity contribution in [1.82, 2.24) is 24.4 Å². The summed E-state index contributed by atoms with van der Waals surface area (Å²) in [7, 11) is 0. The first kappa shape index (κ1) is 11.9. The molecule has 0 saturated carbocycles. The van der Waals surface area contributed by atoms with E-state index < -0.39 is 0 Å². The summed E-state index contributed by atoms with van der Waals surface area (Å²) in [6.45, 7) is 4.33. The molecule has 0 fully saturated rings. The lowest BCUT2D eigenvalue weighted by atomic mass is 10.3. The van der Waals surface area contributed by atoms with Gasteiger partial charge in [-0.3, -0.25) is 5.32 Å². The van der Waals surface area contributed by atoms with Crippen molar-refractivity contribution in [3.63, 3.8) is 0 Å². The van der Waals surface area contributed by atoms with Gasteiger partial charge in [-0.05, 0) is 12.8 Å². The summed E-state index contributed by atoms with van der Waals surface area (Å²) in [5, 5.41) is 3.60. The van der Waals surface area contributed by atoms with Crippen molar-refractivity contribution in [3.8, 4) is 0 Å². The minimum absolute atomic E-state index is 0.268. The van der Waals surface area contributed by atoms with Crippen molar-refractivity contribution >= 4 is 0 Å². The molecule has 17 heavy (non-hydrogen) atoms. The number of aromatic nitrogens is 4. The number of rotatable bonds is 6. The molecule has 2 heterocycles. The van der Waals surface area contributed by atoms with E-state index in [0.717, 1.165) is 12.8 Å². The monoisotopic (exact) mass is 233 g/mol. The maximum absolute atomic E-state index is 4.09. The van der Waals surface area contributed by atoms with E-state index in [4.69, 9.17) is 0 Å². The van der Waals surface area contributed by atoms with Crippen LogP contribution >= 0.6 is 0 Å². The van der Waals surface area contributed by atoms with Crippen LogP contribution in [0, 0.1) is 0 Å². The Morgan fingerprint density at radius 2 is 1.41 bits per heavy atom. The van der Waals surface area contributed by atoms with E-state index in [1.165, 1.54) is 0 Å². The van der Waals surface area contributed by atoms with Crippen LogP contribution in [0.4, 0.5) is 0 Å². The second kappa shape index (κ2) is 5.63. The lowest BCUT2D eigenvalue weighted by molar-refractivity contribution is 0.279. The van der Waals surface area contributed by atoms with Crippen molar-refractivity contribution in [3.05, 3.63) is 37.4 Å². The van der Waals surface area contributed by atoms with E-state index in [1.54, 1.807) is 0 Å². The van der Waals surface area contributed by atoms with Crippen molar-refractivity contribution in [2.45, 2.75) is 39.0 Å². The van der Waals surface area contributed by atoms with Crippen LogP contribution in [0.25, 0.3) is 0 Å². The largest absolute Gasteiger partial charge is 0.321 e. The molecule has 0 saturated heterocycles. The maximum atomic E-state index is 4.09. The van der Waals surface area contributed by atoms with Crippen LogP contribution in [0.3, 0.4) is 0 Å². The number of imidazole rings is 2. The highest BCUT2D eigenvalue weighted by atomic mass is 15.3. The van der Waals surface area contributed by atoms with E-state index >= 15 is 0 Å². The van der Waals surface area contributed by atoms with Crippen molar-refractivity contribution in [1.29, 1.82) is 0 Å². The van der Waals surface area contributed by atoms with Crippen LogP contribution in [-0.2, 0) is 0 Å². The van der Waals surface area contributed by atoms with E-state index in [-0.39, 0.29) is 12.3 Å². The second-order valence-corrected chi connectivity index (χ2v) is 4.03. The van der Waals surface area contributed by atoms with Crippen LogP contribution in [0.5, 0.6) is 0 Å². The van der Waals surface area contributed by atoms with Gasteiger partial charge in [-0.2, -0.15) is 0 Å². The molecule has 0 aliphatic heterocycles. The summed E-state index contributed by atoms with van der Waals surface area (Å²) in [4.78, 5) is 8.18. The van der Waals surface area contributed by atoms with Gasteiger partial charge in [0.1, 0.15) is 0 Å². The number of nitrogens with one attached hydrogen (secondary N) is 1. The number of hydrogen-bond acceptors (Lipinski definition) is 3. The summed E-state index contributed by atoms with van der Waals surface area (Å²) in [5.74, 6) is 0. The van der Waals surface area contributed by atoms with E-state index in [1.807, 2.05) is 37.4 Å². The van der Waals surface area contributed by atoms with Gasteiger partial charge in [0, 0.05) is 24.8 Å². The fourth-order valence-electron chi connectivity index (χ4n) is 1.96. The summed E-state index contributed by atoms with van der Waals surface area (Å²) >= 11 is 0. The van der Waals surface area contributed by atoms with Crippen LogP contribution in [0.2, 0.25) is 0 Å². The van der Waals surface area contributed by atoms with E-state index in [9.17, 15) is 0 Å². The highest BCUT2D eigenvalue weighted by Gasteiger charge is 2.14. The standard InChI is InChI=1S/C12H19N5/c1-3-11(16-7-5-13-9-16)15-12(4-2)17-8-6-14-10-17/h5-12,15H,3-4H2,1-2H3. The average molecular weight is 233 g/mol. The molecule has 0 spiro atoms. The Morgan fingerprint density at radius 3 is 1.71 bits per heavy atom. The predicted molar refractivity (Wildman–Crippen MR) is 66.2 cm³/mol. The lowest BCUT2D eigenvalue weighted by Gasteiger charge is -2.26. The van der Waals surface area contributed by atoms with Gasteiger partial charge in [-0.25, -0.2) is 9.97 Å². The zero-order valence-electron chi connectivity index (χ0n) is 10.3. The van der Waals surface area contributed by atoms with Gasteiger partial charge in [0.2, 0.25) is 0 Å². The second-order valence-electron chi connectivity index (χ2n) is 4.03.